The number of nitrogens with zero attached hydrogens (tertiary/aromatic N) is 3. The number of hydrogen-bond donors (Lipinski definition) is 0. The smallest absolute Gasteiger partial charge is 0.225 e. The Morgan fingerprint density at radius 2 is 2.25 bits per heavy atom. The van der Waals surface area contributed by atoms with E-state index in [1.54, 1.807) is 11.3 Å². The van der Waals surface area contributed by atoms with Crippen molar-refractivity contribution in [1.29, 1.82) is 0 Å². The van der Waals surface area contributed by atoms with Gasteiger partial charge in [-0.1, -0.05) is 0 Å². The number of fused-ring (bicyclic) bond motifs is 1. The van der Waals surface area contributed by atoms with Crippen LogP contribution in [-0.4, -0.2) is 33.3 Å². The topological polar surface area (TPSA) is 37.6 Å². The summed E-state index contributed by atoms with van der Waals surface area (Å²) < 4.78 is 2.17. The molecule has 4 rings (SSSR count). The zero-order chi connectivity index (χ0) is 13.7. The van der Waals surface area contributed by atoms with Crippen LogP contribution >= 0.6 is 11.3 Å². The summed E-state index contributed by atoms with van der Waals surface area (Å²) in [5, 5.41) is 2.11. The molecule has 1 unspecified atom stereocenters. The van der Waals surface area contributed by atoms with Gasteiger partial charge in [-0.25, -0.2) is 4.98 Å². The van der Waals surface area contributed by atoms with Gasteiger partial charge < -0.3 is 4.90 Å². The molecule has 4 nitrogen and oxygen atoms in total. The van der Waals surface area contributed by atoms with E-state index in [1.807, 2.05) is 0 Å². The number of carbonyl (C=O) groups is 1. The van der Waals surface area contributed by atoms with Crippen LogP contribution in [0.2, 0.25) is 0 Å². The molecule has 0 N–H and O–H groups in total. The quantitative estimate of drug-likeness (QED) is 0.852. The highest BCUT2D eigenvalue weighted by Crippen LogP contribution is 2.36. The Bertz CT molecular complexity index is 655. The van der Waals surface area contributed by atoms with Gasteiger partial charge in [-0.05, 0) is 32.6 Å². The minimum atomic E-state index is 0.333. The lowest BCUT2D eigenvalue weighted by Crippen LogP contribution is -2.40. The summed E-state index contributed by atoms with van der Waals surface area (Å²) in [6.45, 7) is 3.85. The largest absolute Gasteiger partial charge is 0.342 e. The predicted molar refractivity (Wildman–Crippen MR) is 79.1 cm³/mol. The van der Waals surface area contributed by atoms with E-state index in [9.17, 15) is 4.79 Å². The van der Waals surface area contributed by atoms with Crippen molar-refractivity contribution in [2.45, 2.75) is 38.5 Å². The fourth-order valence-corrected chi connectivity index (χ4v) is 4.20. The monoisotopic (exact) mass is 289 g/mol. The lowest BCUT2D eigenvalue weighted by molar-refractivity contribution is -0.133. The average Bonchev–Trinajstić information content (AvgIpc) is 3.12. The molecular weight excluding hydrogens is 270 g/mol. The van der Waals surface area contributed by atoms with Crippen LogP contribution in [0.5, 0.6) is 0 Å². The molecule has 20 heavy (non-hydrogen) atoms. The van der Waals surface area contributed by atoms with Gasteiger partial charge >= 0.3 is 0 Å². The fraction of sp³-hybridized carbons (Fsp3) is 0.600. The number of amides is 1. The first-order chi connectivity index (χ1) is 9.74. The number of imidazole rings is 1. The molecule has 0 aromatic carbocycles. The molecular formula is C15H19N3OS. The van der Waals surface area contributed by atoms with Gasteiger partial charge in [0.25, 0.3) is 0 Å². The van der Waals surface area contributed by atoms with Crippen molar-refractivity contribution in [3.63, 3.8) is 0 Å². The summed E-state index contributed by atoms with van der Waals surface area (Å²) in [5.74, 6) is 2.18. The molecule has 1 atom stereocenters. The van der Waals surface area contributed by atoms with Crippen molar-refractivity contribution < 1.29 is 4.79 Å². The number of aromatic nitrogens is 2. The molecule has 2 fully saturated rings. The van der Waals surface area contributed by atoms with Gasteiger partial charge in [0.05, 0.1) is 5.69 Å². The van der Waals surface area contributed by atoms with Crippen LogP contribution in [0.15, 0.2) is 11.6 Å². The van der Waals surface area contributed by atoms with Gasteiger partial charge in [-0.2, -0.15) is 0 Å². The van der Waals surface area contributed by atoms with Crippen molar-refractivity contribution >= 4 is 22.1 Å². The number of thiazole rings is 1. The maximum atomic E-state index is 12.3. The zero-order valence-electron chi connectivity index (χ0n) is 11.7. The molecule has 0 bridgehead atoms. The fourth-order valence-electron chi connectivity index (χ4n) is 3.25. The number of carbonyl (C=O) groups excluding carboxylic acids is 1. The van der Waals surface area contributed by atoms with Crippen LogP contribution in [0, 0.1) is 12.8 Å². The Morgan fingerprint density at radius 3 is 3.05 bits per heavy atom. The summed E-state index contributed by atoms with van der Waals surface area (Å²) in [6, 6.07) is 0. The van der Waals surface area contributed by atoms with E-state index >= 15 is 0 Å². The first-order valence-corrected chi connectivity index (χ1v) is 8.33. The third kappa shape index (κ3) is 1.95. The number of likely N-dealkylation sites (tertiary alicyclic amines) is 1. The highest BCUT2D eigenvalue weighted by atomic mass is 32.1. The Kier molecular flexibility index (Phi) is 2.84. The molecule has 5 heteroatoms. The molecule has 1 aliphatic carbocycles. The summed E-state index contributed by atoms with van der Waals surface area (Å²) in [4.78, 5) is 20.4. The van der Waals surface area contributed by atoms with Crippen LogP contribution in [0.25, 0.3) is 4.83 Å². The standard InChI is InChI=1S/C15H19N3OS/c1-10-16-13(15-18(10)7-8-20-15)12-3-2-6-17(9-12)14(19)11-4-5-11/h7-8,11-12H,2-6,9H2,1H3. The first-order valence-electron chi connectivity index (χ1n) is 7.45. The van der Waals surface area contributed by atoms with E-state index in [0.717, 1.165) is 44.6 Å². The maximum absolute atomic E-state index is 12.3. The Labute approximate surface area is 122 Å². The van der Waals surface area contributed by atoms with Gasteiger partial charge in [-0.15, -0.1) is 11.3 Å². The number of hydrogen-bond acceptors (Lipinski definition) is 3. The van der Waals surface area contributed by atoms with Crippen molar-refractivity contribution in [3.8, 4) is 0 Å². The summed E-state index contributed by atoms with van der Waals surface area (Å²) in [6.07, 6.45) is 6.53. The minimum Gasteiger partial charge on any atom is -0.342 e. The summed E-state index contributed by atoms with van der Waals surface area (Å²) in [5.41, 5.74) is 1.20. The molecule has 2 aromatic rings. The SMILES string of the molecule is Cc1nc(C2CCCN(C(=O)C3CC3)C2)c2sccn12. The molecule has 1 saturated carbocycles. The Hall–Kier alpha value is -1.36. The van der Waals surface area contributed by atoms with Crippen LogP contribution in [-0.2, 0) is 4.79 Å². The van der Waals surface area contributed by atoms with Crippen LogP contribution in [0.1, 0.15) is 43.1 Å². The van der Waals surface area contributed by atoms with E-state index in [4.69, 9.17) is 4.98 Å². The molecule has 3 heterocycles. The highest BCUT2D eigenvalue weighted by molar-refractivity contribution is 7.15. The molecule has 0 spiro atoms. The third-order valence-corrected chi connectivity index (χ3v) is 5.39. The molecule has 1 amide bonds. The molecule has 2 aromatic heterocycles. The van der Waals surface area contributed by atoms with Crippen LogP contribution in [0.4, 0.5) is 0 Å². The average molecular weight is 289 g/mol. The van der Waals surface area contributed by atoms with E-state index in [-0.39, 0.29) is 0 Å². The number of aryl methyl sites for hydroxylation is 1. The molecule has 106 valence electrons. The van der Waals surface area contributed by atoms with Crippen LogP contribution in [0.3, 0.4) is 0 Å². The van der Waals surface area contributed by atoms with Gasteiger partial charge in [0.15, 0.2) is 0 Å². The number of piperidine rings is 1. The summed E-state index contributed by atoms with van der Waals surface area (Å²) >= 11 is 1.75. The van der Waals surface area contributed by atoms with E-state index in [1.165, 1.54) is 10.5 Å². The number of rotatable bonds is 2. The van der Waals surface area contributed by atoms with Crippen molar-refractivity contribution in [2.24, 2.45) is 5.92 Å². The van der Waals surface area contributed by atoms with Crippen molar-refractivity contribution in [2.75, 3.05) is 13.1 Å². The van der Waals surface area contributed by atoms with Gasteiger partial charge in [0.1, 0.15) is 10.7 Å². The van der Waals surface area contributed by atoms with Crippen molar-refractivity contribution in [1.82, 2.24) is 14.3 Å². The van der Waals surface area contributed by atoms with Crippen molar-refractivity contribution in [3.05, 3.63) is 23.1 Å². The predicted octanol–water partition coefficient (Wildman–Crippen LogP) is 2.82. The second kappa shape index (κ2) is 4.58. The Morgan fingerprint density at radius 1 is 1.40 bits per heavy atom. The zero-order valence-corrected chi connectivity index (χ0v) is 12.5. The van der Waals surface area contributed by atoms with E-state index < -0.39 is 0 Å². The second-order valence-electron chi connectivity index (χ2n) is 6.02. The summed E-state index contributed by atoms with van der Waals surface area (Å²) in [7, 11) is 0. The normalized spacial score (nSPS) is 23.4. The second-order valence-corrected chi connectivity index (χ2v) is 6.91. The molecule has 1 saturated heterocycles. The van der Waals surface area contributed by atoms with Gasteiger partial charge in [0.2, 0.25) is 5.91 Å². The van der Waals surface area contributed by atoms with Crippen LogP contribution < -0.4 is 0 Å². The lowest BCUT2D eigenvalue weighted by atomic mass is 9.95. The van der Waals surface area contributed by atoms with Gasteiger partial charge in [0, 0.05) is 36.5 Å². The maximum Gasteiger partial charge on any atom is 0.225 e. The third-order valence-electron chi connectivity index (χ3n) is 4.50. The van der Waals surface area contributed by atoms with Gasteiger partial charge in [-0.3, -0.25) is 9.20 Å². The van der Waals surface area contributed by atoms with E-state index in [0.29, 0.717) is 17.7 Å². The molecule has 0 radical (unpaired) electrons. The molecule has 2 aliphatic rings. The Balaban J connectivity index is 1.61. The lowest BCUT2D eigenvalue weighted by Gasteiger charge is -2.32. The molecule has 1 aliphatic heterocycles. The first kappa shape index (κ1) is 12.4. The van der Waals surface area contributed by atoms with E-state index in [2.05, 4.69) is 27.8 Å². The minimum absolute atomic E-state index is 0.333. The highest BCUT2D eigenvalue weighted by Gasteiger charge is 2.36.